The molecule has 0 fully saturated rings. The molecule has 0 radical (unpaired) electrons. The standard InChI is InChI=1S/C11H18O6S/c1-8(2)11(13)17-6-5-16-10(12)7-18(14,15)9(3)4/h9H,1,5-7H2,2-4H3. The van der Waals surface area contributed by atoms with E-state index in [-0.39, 0.29) is 18.8 Å². The van der Waals surface area contributed by atoms with E-state index in [1.54, 1.807) is 0 Å². The van der Waals surface area contributed by atoms with Crippen molar-refractivity contribution in [1.29, 1.82) is 0 Å². The largest absolute Gasteiger partial charge is 0.461 e. The summed E-state index contributed by atoms with van der Waals surface area (Å²) in [5, 5.41) is -0.633. The van der Waals surface area contributed by atoms with Crippen molar-refractivity contribution in [2.75, 3.05) is 19.0 Å². The zero-order chi connectivity index (χ0) is 14.3. The van der Waals surface area contributed by atoms with Gasteiger partial charge < -0.3 is 9.47 Å². The maximum absolute atomic E-state index is 11.4. The lowest BCUT2D eigenvalue weighted by Gasteiger charge is -2.08. The van der Waals surface area contributed by atoms with Crippen molar-refractivity contribution in [3.8, 4) is 0 Å². The van der Waals surface area contributed by atoms with Gasteiger partial charge in [0.25, 0.3) is 0 Å². The first kappa shape index (κ1) is 16.6. The van der Waals surface area contributed by atoms with Crippen LogP contribution in [0.5, 0.6) is 0 Å². The number of esters is 2. The molecule has 0 bridgehead atoms. The molecule has 0 atom stereocenters. The van der Waals surface area contributed by atoms with Crippen LogP contribution in [0.4, 0.5) is 0 Å². The Morgan fingerprint density at radius 1 is 1.17 bits per heavy atom. The maximum Gasteiger partial charge on any atom is 0.333 e. The topological polar surface area (TPSA) is 86.7 Å². The molecule has 7 heteroatoms. The molecule has 0 aromatic heterocycles. The number of carbonyl (C=O) groups excluding carboxylic acids is 2. The van der Waals surface area contributed by atoms with Gasteiger partial charge in [-0.3, -0.25) is 4.79 Å². The van der Waals surface area contributed by atoms with Crippen molar-refractivity contribution >= 4 is 21.8 Å². The number of rotatable bonds is 7. The summed E-state index contributed by atoms with van der Waals surface area (Å²) in [6, 6.07) is 0. The first-order valence-electron chi connectivity index (χ1n) is 5.36. The lowest BCUT2D eigenvalue weighted by atomic mass is 10.4. The number of hydrogen-bond donors (Lipinski definition) is 0. The van der Waals surface area contributed by atoms with Crippen LogP contribution in [0.3, 0.4) is 0 Å². The van der Waals surface area contributed by atoms with Crippen molar-refractivity contribution in [2.24, 2.45) is 0 Å². The Bertz CT molecular complexity index is 421. The highest BCUT2D eigenvalue weighted by Crippen LogP contribution is 2.01. The van der Waals surface area contributed by atoms with E-state index in [0.29, 0.717) is 0 Å². The van der Waals surface area contributed by atoms with Crippen LogP contribution in [-0.2, 0) is 28.9 Å². The summed E-state index contributed by atoms with van der Waals surface area (Å²) in [5.41, 5.74) is 0.240. The van der Waals surface area contributed by atoms with Crippen LogP contribution in [0.2, 0.25) is 0 Å². The molecule has 0 N–H and O–H groups in total. The molecule has 0 aliphatic heterocycles. The molecule has 0 heterocycles. The minimum absolute atomic E-state index is 0.126. The van der Waals surface area contributed by atoms with Crippen LogP contribution < -0.4 is 0 Å². The predicted octanol–water partition coefficient (Wildman–Crippen LogP) is 0.472. The van der Waals surface area contributed by atoms with Gasteiger partial charge in [-0.2, -0.15) is 0 Å². The highest BCUT2D eigenvalue weighted by atomic mass is 32.2. The third kappa shape index (κ3) is 6.39. The number of hydrogen-bond acceptors (Lipinski definition) is 6. The van der Waals surface area contributed by atoms with E-state index in [4.69, 9.17) is 0 Å². The normalized spacial score (nSPS) is 11.1. The van der Waals surface area contributed by atoms with E-state index >= 15 is 0 Å². The van der Waals surface area contributed by atoms with Gasteiger partial charge in [-0.05, 0) is 20.8 Å². The number of ether oxygens (including phenoxy) is 2. The molecule has 0 spiro atoms. The van der Waals surface area contributed by atoms with Crippen LogP contribution in [0.15, 0.2) is 12.2 Å². The Labute approximate surface area is 107 Å². The Morgan fingerprint density at radius 2 is 1.67 bits per heavy atom. The van der Waals surface area contributed by atoms with Gasteiger partial charge in [0.1, 0.15) is 19.0 Å². The fourth-order valence-electron chi connectivity index (χ4n) is 0.786. The van der Waals surface area contributed by atoms with Gasteiger partial charge in [0.2, 0.25) is 0 Å². The van der Waals surface area contributed by atoms with Crippen LogP contribution in [0.1, 0.15) is 20.8 Å². The molecule has 0 aliphatic carbocycles. The Morgan fingerprint density at radius 3 is 2.11 bits per heavy atom. The molecule has 6 nitrogen and oxygen atoms in total. The zero-order valence-corrected chi connectivity index (χ0v) is 11.6. The smallest absolute Gasteiger partial charge is 0.333 e. The SMILES string of the molecule is C=C(C)C(=O)OCCOC(=O)CS(=O)(=O)C(C)C. The third-order valence-electron chi connectivity index (χ3n) is 1.97. The Kier molecular flexibility index (Phi) is 6.61. The predicted molar refractivity (Wildman–Crippen MR) is 65.7 cm³/mol. The lowest BCUT2D eigenvalue weighted by molar-refractivity contribution is -0.148. The molecule has 0 saturated carbocycles. The fourth-order valence-corrected chi connectivity index (χ4v) is 1.53. The van der Waals surface area contributed by atoms with Crippen LogP contribution in [-0.4, -0.2) is 44.6 Å². The fraction of sp³-hybridized carbons (Fsp3) is 0.636. The highest BCUT2D eigenvalue weighted by molar-refractivity contribution is 7.92. The first-order valence-corrected chi connectivity index (χ1v) is 7.08. The second-order valence-corrected chi connectivity index (χ2v) is 6.55. The molecule has 0 aromatic carbocycles. The second-order valence-electron chi connectivity index (χ2n) is 3.99. The van der Waals surface area contributed by atoms with E-state index in [1.165, 1.54) is 20.8 Å². The Hall–Kier alpha value is -1.37. The van der Waals surface area contributed by atoms with Gasteiger partial charge in [0.05, 0.1) is 5.25 Å². The van der Waals surface area contributed by atoms with E-state index in [9.17, 15) is 18.0 Å². The summed E-state index contributed by atoms with van der Waals surface area (Å²) in [7, 11) is -3.46. The minimum atomic E-state index is -3.46. The van der Waals surface area contributed by atoms with Gasteiger partial charge in [0, 0.05) is 5.57 Å². The monoisotopic (exact) mass is 278 g/mol. The van der Waals surface area contributed by atoms with Gasteiger partial charge >= 0.3 is 11.9 Å². The van der Waals surface area contributed by atoms with Gasteiger partial charge in [-0.25, -0.2) is 13.2 Å². The maximum atomic E-state index is 11.4. The molecule has 0 aromatic rings. The second kappa shape index (κ2) is 7.15. The van der Waals surface area contributed by atoms with Crippen molar-refractivity contribution in [3.05, 3.63) is 12.2 Å². The summed E-state index contributed by atoms with van der Waals surface area (Å²) < 4.78 is 32.0. The van der Waals surface area contributed by atoms with Gasteiger partial charge in [-0.15, -0.1) is 0 Å². The molecule has 104 valence electrons. The van der Waals surface area contributed by atoms with E-state index in [0.717, 1.165) is 0 Å². The molecule has 18 heavy (non-hydrogen) atoms. The average molecular weight is 278 g/mol. The van der Waals surface area contributed by atoms with Crippen molar-refractivity contribution < 1.29 is 27.5 Å². The van der Waals surface area contributed by atoms with Gasteiger partial charge in [-0.1, -0.05) is 6.58 Å². The average Bonchev–Trinajstić information content (AvgIpc) is 2.22. The molecular formula is C11H18O6S. The first-order chi connectivity index (χ1) is 8.16. The van der Waals surface area contributed by atoms with E-state index in [1.807, 2.05) is 0 Å². The lowest BCUT2D eigenvalue weighted by Crippen LogP contribution is -2.26. The summed E-state index contributed by atoms with van der Waals surface area (Å²) in [6.07, 6.45) is 0. The zero-order valence-electron chi connectivity index (χ0n) is 10.8. The quantitative estimate of drug-likeness (QED) is 0.382. The number of sulfone groups is 1. The van der Waals surface area contributed by atoms with E-state index < -0.39 is 32.8 Å². The molecular weight excluding hydrogens is 260 g/mol. The van der Waals surface area contributed by atoms with E-state index in [2.05, 4.69) is 16.1 Å². The highest BCUT2D eigenvalue weighted by Gasteiger charge is 2.21. The summed E-state index contributed by atoms with van der Waals surface area (Å²) in [4.78, 5) is 22.1. The van der Waals surface area contributed by atoms with Crippen LogP contribution in [0.25, 0.3) is 0 Å². The minimum Gasteiger partial charge on any atom is -0.461 e. The summed E-state index contributed by atoms with van der Waals surface area (Å²) in [6.45, 7) is 7.53. The molecule has 0 aliphatic rings. The van der Waals surface area contributed by atoms with Crippen molar-refractivity contribution in [2.45, 2.75) is 26.0 Å². The molecule has 0 unspecified atom stereocenters. The molecule has 0 saturated heterocycles. The number of carbonyl (C=O) groups is 2. The van der Waals surface area contributed by atoms with Crippen molar-refractivity contribution in [3.63, 3.8) is 0 Å². The summed E-state index contributed by atoms with van der Waals surface area (Å²) >= 11 is 0. The molecule has 0 rings (SSSR count). The molecule has 0 amide bonds. The summed E-state index contributed by atoms with van der Waals surface area (Å²) in [5.74, 6) is -2.10. The van der Waals surface area contributed by atoms with Crippen molar-refractivity contribution in [1.82, 2.24) is 0 Å². The van der Waals surface area contributed by atoms with Crippen LogP contribution in [0, 0.1) is 0 Å². The third-order valence-corrected chi connectivity index (χ3v) is 4.04. The Balaban J connectivity index is 3.93. The van der Waals surface area contributed by atoms with Crippen LogP contribution >= 0.6 is 0 Å². The van der Waals surface area contributed by atoms with Gasteiger partial charge in [0.15, 0.2) is 9.84 Å².